The zero-order valence-electron chi connectivity index (χ0n) is 12.2. The zero-order chi connectivity index (χ0) is 16.8. The van der Waals surface area contributed by atoms with Crippen molar-refractivity contribution in [1.29, 1.82) is 0 Å². The van der Waals surface area contributed by atoms with Gasteiger partial charge in [0.25, 0.3) is 0 Å². The van der Waals surface area contributed by atoms with E-state index in [1.807, 2.05) is 0 Å². The van der Waals surface area contributed by atoms with Gasteiger partial charge < -0.3 is 5.11 Å². The number of hydrogen-bond donors (Lipinski definition) is 1. The van der Waals surface area contributed by atoms with Crippen molar-refractivity contribution in [2.24, 2.45) is 0 Å². The number of aliphatic hydroxyl groups is 1. The van der Waals surface area contributed by atoms with Crippen LogP contribution in [0.25, 0.3) is 12.2 Å². The van der Waals surface area contributed by atoms with Crippen molar-refractivity contribution < 1.29 is 21.9 Å². The Morgan fingerprint density at radius 3 is 2.30 bits per heavy atom. The molecule has 0 amide bonds. The molecular formula is C16H14O5S2. The van der Waals surface area contributed by atoms with Crippen LogP contribution in [0.4, 0.5) is 0 Å². The van der Waals surface area contributed by atoms with Gasteiger partial charge in [-0.05, 0) is 41.0 Å². The third-order valence-corrected chi connectivity index (χ3v) is 6.69. The minimum atomic E-state index is -3.80. The first-order chi connectivity index (χ1) is 10.7. The van der Waals surface area contributed by atoms with Crippen molar-refractivity contribution in [3.8, 4) is 0 Å². The van der Waals surface area contributed by atoms with E-state index >= 15 is 0 Å². The summed E-state index contributed by atoms with van der Waals surface area (Å²) in [5, 5.41) is 9.22. The van der Waals surface area contributed by atoms with Gasteiger partial charge in [-0.25, -0.2) is 16.8 Å². The van der Waals surface area contributed by atoms with Crippen LogP contribution in [0.1, 0.15) is 16.7 Å². The second-order valence-corrected chi connectivity index (χ2v) is 9.24. The van der Waals surface area contributed by atoms with Crippen LogP contribution in [0.5, 0.6) is 0 Å². The van der Waals surface area contributed by atoms with Gasteiger partial charge in [-0.1, -0.05) is 24.3 Å². The first-order valence-corrected chi connectivity index (χ1v) is 10.1. The predicted octanol–water partition coefficient (Wildman–Crippen LogP) is 1.90. The number of sulfone groups is 2. The molecular weight excluding hydrogens is 336 g/mol. The van der Waals surface area contributed by atoms with Crippen LogP contribution in [0, 0.1) is 0 Å². The molecule has 2 aromatic rings. The molecule has 0 aliphatic carbocycles. The predicted molar refractivity (Wildman–Crippen MR) is 86.3 cm³/mol. The number of aliphatic hydroxyl groups excluding tert-OH is 1. The number of rotatable bonds is 2. The second kappa shape index (κ2) is 5.30. The molecule has 0 fully saturated rings. The molecule has 2 aromatic carbocycles. The molecule has 0 aromatic heterocycles. The van der Waals surface area contributed by atoms with Crippen LogP contribution >= 0.6 is 0 Å². The molecule has 1 aliphatic heterocycles. The normalized spacial score (nSPS) is 15.6. The molecule has 3 rings (SSSR count). The lowest BCUT2D eigenvalue weighted by atomic mass is 10.1. The molecule has 1 N–H and O–H groups in total. The van der Waals surface area contributed by atoms with E-state index in [9.17, 15) is 21.9 Å². The van der Waals surface area contributed by atoms with Crippen LogP contribution in [-0.2, 0) is 26.3 Å². The molecule has 0 spiro atoms. The summed E-state index contributed by atoms with van der Waals surface area (Å²) in [5.41, 5.74) is 1.32. The average molecular weight is 350 g/mol. The summed E-state index contributed by atoms with van der Waals surface area (Å²) >= 11 is 0. The summed E-state index contributed by atoms with van der Waals surface area (Å²) in [6.45, 7) is -0.258. The summed E-state index contributed by atoms with van der Waals surface area (Å²) in [6.07, 6.45) is 4.30. The van der Waals surface area contributed by atoms with Gasteiger partial charge in [-0.3, -0.25) is 0 Å². The maximum Gasteiger partial charge on any atom is 0.207 e. The van der Waals surface area contributed by atoms with E-state index in [0.29, 0.717) is 16.7 Å². The van der Waals surface area contributed by atoms with Crippen molar-refractivity contribution in [3.05, 3.63) is 53.1 Å². The Balaban J connectivity index is 2.31. The smallest absolute Gasteiger partial charge is 0.207 e. The van der Waals surface area contributed by atoms with E-state index in [-0.39, 0.29) is 21.3 Å². The molecule has 7 heteroatoms. The maximum atomic E-state index is 12.9. The van der Waals surface area contributed by atoms with Crippen molar-refractivity contribution in [2.45, 2.75) is 21.3 Å². The van der Waals surface area contributed by atoms with E-state index in [4.69, 9.17) is 0 Å². The van der Waals surface area contributed by atoms with Gasteiger partial charge in [0.1, 0.15) is 0 Å². The largest absolute Gasteiger partial charge is 0.392 e. The molecule has 5 nitrogen and oxygen atoms in total. The van der Waals surface area contributed by atoms with Gasteiger partial charge in [0, 0.05) is 6.26 Å². The van der Waals surface area contributed by atoms with Gasteiger partial charge in [-0.15, -0.1) is 0 Å². The lowest BCUT2D eigenvalue weighted by molar-refractivity contribution is 0.281. The lowest BCUT2D eigenvalue weighted by Gasteiger charge is -2.10. The van der Waals surface area contributed by atoms with Crippen LogP contribution in [-0.4, -0.2) is 28.2 Å². The van der Waals surface area contributed by atoms with Gasteiger partial charge in [0.15, 0.2) is 9.84 Å². The quantitative estimate of drug-likeness (QED) is 0.762. The van der Waals surface area contributed by atoms with Gasteiger partial charge >= 0.3 is 0 Å². The number of hydrogen-bond acceptors (Lipinski definition) is 5. The van der Waals surface area contributed by atoms with Crippen molar-refractivity contribution in [1.82, 2.24) is 0 Å². The van der Waals surface area contributed by atoms with Crippen molar-refractivity contribution >= 4 is 31.8 Å². The minimum absolute atomic E-state index is 0.0509. The van der Waals surface area contributed by atoms with Crippen LogP contribution in [0.2, 0.25) is 0 Å². The molecule has 0 unspecified atom stereocenters. The van der Waals surface area contributed by atoms with E-state index < -0.39 is 19.7 Å². The second-order valence-electron chi connectivity index (χ2n) is 5.34. The third kappa shape index (κ3) is 2.71. The molecule has 0 bridgehead atoms. The molecule has 23 heavy (non-hydrogen) atoms. The maximum absolute atomic E-state index is 12.9. The molecule has 1 aliphatic rings. The van der Waals surface area contributed by atoms with Crippen molar-refractivity contribution in [3.63, 3.8) is 0 Å². The Morgan fingerprint density at radius 2 is 1.65 bits per heavy atom. The fraction of sp³-hybridized carbons (Fsp3) is 0.125. The number of benzene rings is 2. The summed E-state index contributed by atoms with van der Waals surface area (Å²) in [6, 6.07) is 8.67. The fourth-order valence-electron chi connectivity index (χ4n) is 2.48. The first kappa shape index (κ1) is 15.9. The van der Waals surface area contributed by atoms with Crippen LogP contribution in [0.15, 0.2) is 51.1 Å². The Morgan fingerprint density at radius 1 is 0.957 bits per heavy atom. The Bertz CT molecular complexity index is 1030. The van der Waals surface area contributed by atoms with E-state index in [0.717, 1.165) is 6.26 Å². The fourth-order valence-corrected chi connectivity index (χ4v) is 4.81. The summed E-state index contributed by atoms with van der Waals surface area (Å²) in [5.74, 6) is 0. The highest BCUT2D eigenvalue weighted by molar-refractivity contribution is 7.91. The van der Waals surface area contributed by atoms with Gasteiger partial charge in [0.05, 0.1) is 21.3 Å². The minimum Gasteiger partial charge on any atom is -0.392 e. The lowest BCUT2D eigenvalue weighted by Crippen LogP contribution is -2.07. The highest BCUT2D eigenvalue weighted by atomic mass is 32.2. The zero-order valence-corrected chi connectivity index (χ0v) is 13.9. The topological polar surface area (TPSA) is 88.5 Å². The van der Waals surface area contributed by atoms with E-state index in [1.54, 1.807) is 24.3 Å². The summed E-state index contributed by atoms with van der Waals surface area (Å²) in [4.78, 5) is 0.222. The first-order valence-electron chi connectivity index (χ1n) is 6.74. The molecule has 120 valence electrons. The summed E-state index contributed by atoms with van der Waals surface area (Å²) in [7, 11) is -7.23. The Kier molecular flexibility index (Phi) is 3.66. The SMILES string of the molecule is CS(=O)(=O)c1ccc2c(c1)C=Cc1ccc(CO)cc1S2(=O)=O. The average Bonchev–Trinajstić information content (AvgIpc) is 2.61. The number of fused-ring (bicyclic) bond motifs is 2. The van der Waals surface area contributed by atoms with Crippen LogP contribution < -0.4 is 0 Å². The van der Waals surface area contributed by atoms with E-state index in [2.05, 4.69) is 0 Å². The Labute approximate surface area is 134 Å². The monoisotopic (exact) mass is 350 g/mol. The highest BCUT2D eigenvalue weighted by Crippen LogP contribution is 2.33. The molecule has 0 atom stereocenters. The van der Waals surface area contributed by atoms with E-state index in [1.165, 1.54) is 24.3 Å². The Hall–Kier alpha value is -1.96. The molecule has 0 saturated heterocycles. The standard InChI is InChI=1S/C16H14O5S2/c1-22(18,19)14-6-7-15-13(9-14)5-4-12-3-2-11(10-17)8-16(12)23(15,20)21/h2-9,17H,10H2,1H3. The highest BCUT2D eigenvalue weighted by Gasteiger charge is 2.26. The molecule has 0 saturated carbocycles. The van der Waals surface area contributed by atoms with Gasteiger partial charge in [-0.2, -0.15) is 0 Å². The van der Waals surface area contributed by atoms with Gasteiger partial charge in [0.2, 0.25) is 9.84 Å². The molecule has 1 heterocycles. The molecule has 0 radical (unpaired) electrons. The third-order valence-electron chi connectivity index (χ3n) is 3.69. The van der Waals surface area contributed by atoms with Crippen LogP contribution in [0.3, 0.4) is 0 Å². The summed E-state index contributed by atoms with van der Waals surface area (Å²) < 4.78 is 49.1. The van der Waals surface area contributed by atoms with Crippen molar-refractivity contribution in [2.75, 3.05) is 6.26 Å².